The molecule has 1 N–H and O–H groups in total. The Balaban J connectivity index is 1.77. The van der Waals surface area contributed by atoms with E-state index in [1.165, 1.54) is 24.0 Å². The maximum Gasteiger partial charge on any atom is 0.0410 e. The van der Waals surface area contributed by atoms with Crippen LogP contribution in [0.1, 0.15) is 29.9 Å². The molecule has 4 heteroatoms. The number of rotatable bonds is 6. The molecular formula is C17H18Br2N2. The molecule has 1 aromatic heterocycles. The molecule has 3 rings (SSSR count). The highest BCUT2D eigenvalue weighted by Crippen LogP contribution is 2.26. The number of nitrogens with zero attached hydrogens (tertiary/aromatic N) is 1. The summed E-state index contributed by atoms with van der Waals surface area (Å²) in [5, 5.41) is 3.66. The summed E-state index contributed by atoms with van der Waals surface area (Å²) in [6.45, 7) is 1.02. The molecule has 1 unspecified atom stereocenters. The molecule has 0 bridgehead atoms. The van der Waals surface area contributed by atoms with E-state index in [4.69, 9.17) is 0 Å². The van der Waals surface area contributed by atoms with Crippen LogP contribution in [0.25, 0.3) is 0 Å². The molecule has 1 aliphatic carbocycles. The lowest BCUT2D eigenvalue weighted by atomic mass is 9.92. The van der Waals surface area contributed by atoms with Crippen molar-refractivity contribution in [2.45, 2.75) is 31.2 Å². The Labute approximate surface area is 142 Å². The van der Waals surface area contributed by atoms with Crippen molar-refractivity contribution in [3.8, 4) is 0 Å². The standard InChI is InChI=1S/C17H18Br2N2/c18-15-3-1-2-13(8-15)14(10-21-17-4-5-17)6-12-7-16(19)11-20-9-12/h1-3,7-9,11,14,17,21H,4-6,10H2. The Bertz CT molecular complexity index is 611. The first-order valence-electron chi connectivity index (χ1n) is 7.29. The Kier molecular flexibility index (Phi) is 5.09. The van der Waals surface area contributed by atoms with Crippen molar-refractivity contribution in [2.24, 2.45) is 0 Å². The molecular weight excluding hydrogens is 392 g/mol. The largest absolute Gasteiger partial charge is 0.313 e. The van der Waals surface area contributed by atoms with Gasteiger partial charge in [-0.25, -0.2) is 0 Å². The summed E-state index contributed by atoms with van der Waals surface area (Å²) in [6, 6.07) is 11.5. The van der Waals surface area contributed by atoms with Gasteiger partial charge in [0.2, 0.25) is 0 Å². The lowest BCUT2D eigenvalue weighted by Crippen LogP contribution is -2.24. The van der Waals surface area contributed by atoms with Crippen molar-refractivity contribution in [2.75, 3.05) is 6.54 Å². The highest BCUT2D eigenvalue weighted by Gasteiger charge is 2.22. The second kappa shape index (κ2) is 7.03. The number of hydrogen-bond donors (Lipinski definition) is 1. The number of aromatic nitrogens is 1. The molecule has 0 aliphatic heterocycles. The van der Waals surface area contributed by atoms with Gasteiger partial charge in [0.15, 0.2) is 0 Å². The first kappa shape index (κ1) is 15.2. The van der Waals surface area contributed by atoms with E-state index in [1.54, 1.807) is 0 Å². The molecule has 2 aromatic rings. The maximum atomic E-state index is 4.28. The summed E-state index contributed by atoms with van der Waals surface area (Å²) in [6.07, 6.45) is 7.45. The van der Waals surface area contributed by atoms with Crippen molar-refractivity contribution >= 4 is 31.9 Å². The van der Waals surface area contributed by atoms with Gasteiger partial charge >= 0.3 is 0 Å². The van der Waals surface area contributed by atoms with Crippen LogP contribution in [0.3, 0.4) is 0 Å². The van der Waals surface area contributed by atoms with Crippen molar-refractivity contribution in [1.82, 2.24) is 10.3 Å². The van der Waals surface area contributed by atoms with Gasteiger partial charge in [0, 0.05) is 39.8 Å². The molecule has 0 amide bonds. The molecule has 1 saturated carbocycles. The SMILES string of the molecule is Brc1cncc(CC(CNC2CC2)c2cccc(Br)c2)c1. The van der Waals surface area contributed by atoms with Crippen molar-refractivity contribution in [1.29, 1.82) is 0 Å². The second-order valence-electron chi connectivity index (χ2n) is 5.65. The third kappa shape index (κ3) is 4.63. The van der Waals surface area contributed by atoms with Gasteiger partial charge in [0.1, 0.15) is 0 Å². The van der Waals surface area contributed by atoms with Crippen LogP contribution in [-0.4, -0.2) is 17.6 Å². The molecule has 2 nitrogen and oxygen atoms in total. The quantitative estimate of drug-likeness (QED) is 0.748. The van der Waals surface area contributed by atoms with Crippen molar-refractivity contribution < 1.29 is 0 Å². The van der Waals surface area contributed by atoms with Crippen molar-refractivity contribution in [3.63, 3.8) is 0 Å². The van der Waals surface area contributed by atoms with Crippen LogP contribution < -0.4 is 5.32 Å². The highest BCUT2D eigenvalue weighted by atomic mass is 79.9. The predicted molar refractivity (Wildman–Crippen MR) is 93.5 cm³/mol. The third-order valence-electron chi connectivity index (χ3n) is 3.79. The summed E-state index contributed by atoms with van der Waals surface area (Å²) in [5.74, 6) is 0.471. The normalized spacial score (nSPS) is 15.9. The first-order valence-corrected chi connectivity index (χ1v) is 8.87. The van der Waals surface area contributed by atoms with Gasteiger partial charge in [0.25, 0.3) is 0 Å². The lowest BCUT2D eigenvalue weighted by molar-refractivity contribution is 0.576. The van der Waals surface area contributed by atoms with Gasteiger partial charge in [-0.15, -0.1) is 0 Å². The fourth-order valence-electron chi connectivity index (χ4n) is 2.52. The third-order valence-corrected chi connectivity index (χ3v) is 4.72. The van der Waals surface area contributed by atoms with E-state index in [2.05, 4.69) is 72.5 Å². The molecule has 0 spiro atoms. The lowest BCUT2D eigenvalue weighted by Gasteiger charge is -2.18. The highest BCUT2D eigenvalue weighted by molar-refractivity contribution is 9.10. The van der Waals surface area contributed by atoms with E-state index >= 15 is 0 Å². The maximum absolute atomic E-state index is 4.28. The smallest absolute Gasteiger partial charge is 0.0410 e. The van der Waals surface area contributed by atoms with E-state index < -0.39 is 0 Å². The van der Waals surface area contributed by atoms with Gasteiger partial charge in [0.05, 0.1) is 0 Å². The minimum absolute atomic E-state index is 0.471. The van der Waals surface area contributed by atoms with Crippen LogP contribution >= 0.6 is 31.9 Å². The van der Waals surface area contributed by atoms with Crippen LogP contribution in [0.2, 0.25) is 0 Å². The fraction of sp³-hybridized carbons (Fsp3) is 0.353. The van der Waals surface area contributed by atoms with Gasteiger partial charge in [-0.1, -0.05) is 28.1 Å². The van der Waals surface area contributed by atoms with Gasteiger partial charge < -0.3 is 5.32 Å². The second-order valence-corrected chi connectivity index (χ2v) is 7.48. The molecule has 0 radical (unpaired) electrons. The molecule has 1 aromatic carbocycles. The molecule has 1 aliphatic rings. The molecule has 0 saturated heterocycles. The minimum Gasteiger partial charge on any atom is -0.313 e. The van der Waals surface area contributed by atoms with E-state index in [0.717, 1.165) is 28.0 Å². The number of halogens is 2. The average Bonchev–Trinajstić information content (AvgIpc) is 3.27. The Morgan fingerprint density at radius 3 is 2.71 bits per heavy atom. The Hall–Kier alpha value is -0.710. The monoisotopic (exact) mass is 408 g/mol. The van der Waals surface area contributed by atoms with Crippen LogP contribution in [0.5, 0.6) is 0 Å². The zero-order valence-electron chi connectivity index (χ0n) is 11.7. The molecule has 110 valence electrons. The Morgan fingerprint density at radius 1 is 1.14 bits per heavy atom. The topological polar surface area (TPSA) is 24.9 Å². The summed E-state index contributed by atoms with van der Waals surface area (Å²) in [4.78, 5) is 4.28. The summed E-state index contributed by atoms with van der Waals surface area (Å²) >= 11 is 7.09. The first-order chi connectivity index (χ1) is 10.2. The zero-order valence-corrected chi connectivity index (χ0v) is 14.9. The van der Waals surface area contributed by atoms with E-state index in [9.17, 15) is 0 Å². The van der Waals surface area contributed by atoms with Crippen molar-refractivity contribution in [3.05, 3.63) is 62.8 Å². The summed E-state index contributed by atoms with van der Waals surface area (Å²) < 4.78 is 2.19. The Morgan fingerprint density at radius 2 is 2.00 bits per heavy atom. The van der Waals surface area contributed by atoms with Gasteiger partial charge in [-0.05, 0) is 64.5 Å². The molecule has 1 heterocycles. The summed E-state index contributed by atoms with van der Waals surface area (Å²) in [5.41, 5.74) is 2.64. The van der Waals surface area contributed by atoms with Crippen LogP contribution in [-0.2, 0) is 6.42 Å². The van der Waals surface area contributed by atoms with Crippen LogP contribution in [0.15, 0.2) is 51.7 Å². The van der Waals surface area contributed by atoms with E-state index in [-0.39, 0.29) is 0 Å². The van der Waals surface area contributed by atoms with Crippen LogP contribution in [0.4, 0.5) is 0 Å². The van der Waals surface area contributed by atoms with E-state index in [1.807, 2.05) is 12.4 Å². The molecule has 21 heavy (non-hydrogen) atoms. The molecule has 1 fully saturated rings. The number of pyridine rings is 1. The number of hydrogen-bond acceptors (Lipinski definition) is 2. The van der Waals surface area contributed by atoms with Gasteiger partial charge in [-0.2, -0.15) is 0 Å². The predicted octanol–water partition coefficient (Wildman–Crippen LogP) is 4.68. The van der Waals surface area contributed by atoms with E-state index in [0.29, 0.717) is 5.92 Å². The van der Waals surface area contributed by atoms with Gasteiger partial charge in [-0.3, -0.25) is 4.98 Å². The van der Waals surface area contributed by atoms with Crippen LogP contribution in [0, 0.1) is 0 Å². The summed E-state index contributed by atoms with van der Waals surface area (Å²) in [7, 11) is 0. The molecule has 1 atom stereocenters. The number of benzene rings is 1. The number of nitrogens with one attached hydrogen (secondary N) is 1. The fourth-order valence-corrected chi connectivity index (χ4v) is 3.35. The minimum atomic E-state index is 0.471. The average molecular weight is 410 g/mol. The zero-order chi connectivity index (χ0) is 14.7.